The number of benzene rings is 1. The fraction of sp³-hybridized carbons (Fsp3) is 0.368. The van der Waals surface area contributed by atoms with Crippen molar-refractivity contribution in [2.45, 2.75) is 19.4 Å². The molecular weight excluding hydrogens is 348 g/mol. The average Bonchev–Trinajstić information content (AvgIpc) is 2.91. The highest BCUT2D eigenvalue weighted by molar-refractivity contribution is 6.21. The van der Waals surface area contributed by atoms with Crippen LogP contribution in [-0.4, -0.2) is 38.9 Å². The van der Waals surface area contributed by atoms with Crippen molar-refractivity contribution in [1.82, 2.24) is 19.4 Å². The van der Waals surface area contributed by atoms with Crippen LogP contribution >= 0.6 is 0 Å². The molecule has 1 aromatic heterocycles. The van der Waals surface area contributed by atoms with Crippen molar-refractivity contribution in [1.29, 1.82) is 0 Å². The van der Waals surface area contributed by atoms with E-state index in [0.29, 0.717) is 42.7 Å². The molecule has 2 amide bonds. The zero-order valence-corrected chi connectivity index (χ0v) is 15.4. The molecule has 1 aromatic carbocycles. The number of amides is 2. The van der Waals surface area contributed by atoms with Gasteiger partial charge in [0, 0.05) is 38.9 Å². The first-order chi connectivity index (χ1) is 12.9. The van der Waals surface area contributed by atoms with Gasteiger partial charge in [-0.3, -0.25) is 23.9 Å². The molecule has 142 valence electrons. The second-order valence-corrected chi connectivity index (χ2v) is 6.60. The Balaban J connectivity index is 1.46. The average molecular weight is 370 g/mol. The second-order valence-electron chi connectivity index (χ2n) is 6.60. The number of hydrogen-bond acceptors (Lipinski definition) is 5. The molecule has 0 saturated heterocycles. The lowest BCUT2D eigenvalue weighted by atomic mass is 10.1. The summed E-state index contributed by atoms with van der Waals surface area (Å²) in [6.07, 6.45) is 2.96. The lowest BCUT2D eigenvalue weighted by Crippen LogP contribution is -2.39. The molecule has 2 aromatic rings. The Morgan fingerprint density at radius 3 is 2.19 bits per heavy atom. The number of aryl methyl sites for hydroxylation is 1. The molecule has 1 aliphatic rings. The van der Waals surface area contributed by atoms with Crippen molar-refractivity contribution in [2.75, 3.05) is 13.1 Å². The van der Waals surface area contributed by atoms with E-state index in [2.05, 4.69) is 5.32 Å². The summed E-state index contributed by atoms with van der Waals surface area (Å²) in [6, 6.07) is 6.85. The van der Waals surface area contributed by atoms with Crippen LogP contribution in [0, 0.1) is 0 Å². The summed E-state index contributed by atoms with van der Waals surface area (Å²) in [5, 5.41) is 3.16. The third-order valence-corrected chi connectivity index (χ3v) is 4.70. The number of carbonyl (C=O) groups is 2. The molecular formula is C19H22N4O4. The van der Waals surface area contributed by atoms with Gasteiger partial charge in [0.1, 0.15) is 0 Å². The van der Waals surface area contributed by atoms with Crippen LogP contribution in [0.15, 0.2) is 40.1 Å². The summed E-state index contributed by atoms with van der Waals surface area (Å²) < 4.78 is 2.46. The van der Waals surface area contributed by atoms with Gasteiger partial charge in [-0.25, -0.2) is 4.79 Å². The van der Waals surface area contributed by atoms with Crippen molar-refractivity contribution in [3.8, 4) is 0 Å². The normalized spacial score (nSPS) is 13.3. The highest BCUT2D eigenvalue weighted by Gasteiger charge is 2.34. The van der Waals surface area contributed by atoms with Crippen molar-refractivity contribution in [2.24, 2.45) is 14.1 Å². The van der Waals surface area contributed by atoms with E-state index in [4.69, 9.17) is 0 Å². The molecule has 1 N–H and O–H groups in total. The summed E-state index contributed by atoms with van der Waals surface area (Å²) in [6.45, 7) is 1.36. The highest BCUT2D eigenvalue weighted by atomic mass is 16.2. The van der Waals surface area contributed by atoms with Gasteiger partial charge in [-0.05, 0) is 31.5 Å². The van der Waals surface area contributed by atoms with Crippen LogP contribution in [0.3, 0.4) is 0 Å². The van der Waals surface area contributed by atoms with Crippen LogP contribution in [0.25, 0.3) is 0 Å². The predicted molar refractivity (Wildman–Crippen MR) is 99.7 cm³/mol. The van der Waals surface area contributed by atoms with Gasteiger partial charge in [0.25, 0.3) is 17.4 Å². The molecule has 0 spiro atoms. The lowest BCUT2D eigenvalue weighted by molar-refractivity contribution is 0.0651. The molecule has 27 heavy (non-hydrogen) atoms. The number of aromatic nitrogens is 2. The van der Waals surface area contributed by atoms with Crippen molar-refractivity contribution in [3.63, 3.8) is 0 Å². The van der Waals surface area contributed by atoms with Crippen LogP contribution in [0.1, 0.15) is 39.1 Å². The lowest BCUT2D eigenvalue weighted by Gasteiger charge is -2.13. The third-order valence-electron chi connectivity index (χ3n) is 4.70. The Morgan fingerprint density at radius 1 is 0.926 bits per heavy atom. The van der Waals surface area contributed by atoms with Gasteiger partial charge in [0.2, 0.25) is 0 Å². The van der Waals surface area contributed by atoms with E-state index in [1.807, 2.05) is 0 Å². The van der Waals surface area contributed by atoms with Crippen molar-refractivity contribution >= 4 is 11.8 Å². The number of fused-ring (bicyclic) bond motifs is 1. The zero-order valence-electron chi connectivity index (χ0n) is 15.4. The molecule has 0 bridgehead atoms. The summed E-state index contributed by atoms with van der Waals surface area (Å²) in [7, 11) is 3.06. The Labute approximate surface area is 156 Å². The van der Waals surface area contributed by atoms with Crippen LogP contribution in [0.5, 0.6) is 0 Å². The minimum Gasteiger partial charge on any atom is -0.312 e. The summed E-state index contributed by atoms with van der Waals surface area (Å²) >= 11 is 0. The highest BCUT2D eigenvalue weighted by Crippen LogP contribution is 2.22. The quantitative estimate of drug-likeness (QED) is 0.557. The number of nitrogens with one attached hydrogen (secondary N) is 1. The van der Waals surface area contributed by atoms with Gasteiger partial charge in [-0.1, -0.05) is 12.1 Å². The minimum absolute atomic E-state index is 0.239. The largest absolute Gasteiger partial charge is 0.330 e. The molecule has 0 unspecified atom stereocenters. The van der Waals surface area contributed by atoms with Gasteiger partial charge in [0.05, 0.1) is 11.1 Å². The number of imide groups is 1. The summed E-state index contributed by atoms with van der Waals surface area (Å²) in [5.74, 6) is -0.477. The van der Waals surface area contributed by atoms with E-state index >= 15 is 0 Å². The SMILES string of the molecule is Cn1cc(CNCCCCN2C(=O)c3ccccc3C2=O)c(=O)n(C)c1=O. The Kier molecular flexibility index (Phi) is 5.36. The first kappa shape index (κ1) is 18.8. The van der Waals surface area contributed by atoms with Crippen LogP contribution < -0.4 is 16.6 Å². The molecule has 0 fully saturated rings. The first-order valence-electron chi connectivity index (χ1n) is 8.83. The van der Waals surface area contributed by atoms with E-state index < -0.39 is 0 Å². The van der Waals surface area contributed by atoms with Crippen LogP contribution in [-0.2, 0) is 20.6 Å². The fourth-order valence-electron chi connectivity index (χ4n) is 3.19. The Morgan fingerprint density at radius 2 is 1.56 bits per heavy atom. The first-order valence-corrected chi connectivity index (χ1v) is 8.83. The van der Waals surface area contributed by atoms with Crippen LogP contribution in [0.4, 0.5) is 0 Å². The molecule has 3 rings (SSSR count). The number of rotatable bonds is 7. The molecule has 0 radical (unpaired) electrons. The minimum atomic E-state index is -0.357. The predicted octanol–water partition coefficient (Wildman–Crippen LogP) is 0.250. The molecule has 0 atom stereocenters. The number of carbonyl (C=O) groups excluding carboxylic acids is 2. The maximum Gasteiger partial charge on any atom is 0.330 e. The van der Waals surface area contributed by atoms with E-state index in [-0.39, 0.29) is 23.1 Å². The molecule has 8 nitrogen and oxygen atoms in total. The zero-order chi connectivity index (χ0) is 19.6. The van der Waals surface area contributed by atoms with Gasteiger partial charge in [0.15, 0.2) is 0 Å². The monoisotopic (exact) mass is 370 g/mol. The second kappa shape index (κ2) is 7.71. The maximum atomic E-state index is 12.3. The van der Waals surface area contributed by atoms with E-state index in [1.54, 1.807) is 31.3 Å². The topological polar surface area (TPSA) is 93.4 Å². The van der Waals surface area contributed by atoms with Gasteiger partial charge >= 0.3 is 5.69 Å². The maximum absolute atomic E-state index is 12.3. The number of nitrogens with zero attached hydrogens (tertiary/aromatic N) is 3. The van der Waals surface area contributed by atoms with Gasteiger partial charge in [-0.2, -0.15) is 0 Å². The standard InChI is InChI=1S/C19H22N4O4/c1-21-12-13(16(24)22(2)19(21)27)11-20-9-5-6-10-23-17(25)14-7-3-4-8-15(14)18(23)26/h3-4,7-8,12,20H,5-6,9-11H2,1-2H3. The van der Waals surface area contributed by atoms with Crippen molar-refractivity contribution < 1.29 is 9.59 Å². The molecule has 0 aliphatic carbocycles. The van der Waals surface area contributed by atoms with Gasteiger partial charge < -0.3 is 9.88 Å². The van der Waals surface area contributed by atoms with Crippen molar-refractivity contribution in [3.05, 3.63) is 68.0 Å². The molecule has 0 saturated carbocycles. The number of unbranched alkanes of at least 4 members (excludes halogenated alkanes) is 1. The Hall–Kier alpha value is -3.00. The van der Waals surface area contributed by atoms with E-state index in [0.717, 1.165) is 11.0 Å². The van der Waals surface area contributed by atoms with E-state index in [9.17, 15) is 19.2 Å². The molecule has 1 aliphatic heterocycles. The summed E-state index contributed by atoms with van der Waals surface area (Å²) in [4.78, 5) is 49.5. The van der Waals surface area contributed by atoms with Crippen LogP contribution in [0.2, 0.25) is 0 Å². The molecule has 2 heterocycles. The Bertz CT molecular complexity index is 970. The number of hydrogen-bond donors (Lipinski definition) is 1. The van der Waals surface area contributed by atoms with Gasteiger partial charge in [-0.15, -0.1) is 0 Å². The smallest absolute Gasteiger partial charge is 0.312 e. The molecule has 8 heteroatoms. The third kappa shape index (κ3) is 3.61. The van der Waals surface area contributed by atoms with E-state index in [1.165, 1.54) is 22.7 Å². The fourth-order valence-corrected chi connectivity index (χ4v) is 3.19. The summed E-state index contributed by atoms with van der Waals surface area (Å²) in [5.41, 5.74) is 0.776.